The van der Waals surface area contributed by atoms with E-state index in [1.807, 2.05) is 0 Å². The highest BCUT2D eigenvalue weighted by Gasteiger charge is 1.48. The lowest BCUT2D eigenvalue weighted by Gasteiger charge is -1.52. The van der Waals surface area contributed by atoms with Crippen molar-refractivity contribution in [1.29, 1.82) is 5.26 Å². The normalized spacial score (nSPS) is 12.6. The molecule has 0 rings (SSSR count). The Bertz CT molecular complexity index is 103. The number of hydrogen-bond donors (Lipinski definition) is 1. The van der Waals surface area contributed by atoms with Gasteiger partial charge in [0.05, 0.1) is 1.37 Å². The van der Waals surface area contributed by atoms with Gasteiger partial charge in [-0.2, -0.15) is 5.26 Å². The number of nitrogens with zero attached hydrogens (tertiary/aromatic N) is 2. The van der Waals surface area contributed by atoms with E-state index in [1.165, 1.54) is 6.07 Å². The monoisotopic (exact) mass is 72.0 g/mol. The number of oxime groups is 1. The Labute approximate surface area is 30.5 Å². The molecule has 0 unspecified atom stereocenters. The molecular weight excluding hydrogens is 68.0 g/mol. The number of hydrogen-bond acceptors (Lipinski definition) is 3. The number of rotatable bonds is 0. The molecule has 3 nitrogen and oxygen atoms in total. The van der Waals surface area contributed by atoms with Crippen molar-refractivity contribution >= 4 is 6.19 Å². The molecule has 0 radical (unpaired) electrons. The van der Waals surface area contributed by atoms with Gasteiger partial charge in [0.1, 0.15) is 12.3 Å². The van der Waals surface area contributed by atoms with Crippen molar-refractivity contribution in [3.63, 3.8) is 0 Å². The van der Waals surface area contributed by atoms with Gasteiger partial charge in [0.25, 0.3) is 0 Å². The van der Waals surface area contributed by atoms with E-state index in [0.29, 0.717) is 0 Å². The first kappa shape index (κ1) is 2.21. The van der Waals surface area contributed by atoms with Crippen LogP contribution >= 0.6 is 0 Å². The fourth-order valence-electron chi connectivity index (χ4n) is 0.0224. The molecule has 0 aliphatic heterocycles. The Morgan fingerprint density at radius 3 is 3.00 bits per heavy atom. The molecule has 0 bridgehead atoms. The van der Waals surface area contributed by atoms with Gasteiger partial charge in [-0.25, -0.2) is 0 Å². The van der Waals surface area contributed by atoms with Crippen LogP contribution < -0.4 is 0 Å². The molecule has 0 aromatic rings. The lowest BCUT2D eigenvalue weighted by Crippen LogP contribution is -1.55. The van der Waals surface area contributed by atoms with E-state index in [2.05, 4.69) is 5.16 Å². The summed E-state index contributed by atoms with van der Waals surface area (Å²) in [6.45, 7) is 0. The van der Waals surface area contributed by atoms with Gasteiger partial charge in [-0.3, -0.25) is 0 Å². The molecule has 1 N–H and O–H groups in total. The molecule has 5 heavy (non-hydrogen) atoms. The first-order valence-electron chi connectivity index (χ1n) is 1.40. The van der Waals surface area contributed by atoms with Crippen LogP contribution in [0.1, 0.15) is 1.37 Å². The smallest absolute Gasteiger partial charge is 0.143 e. The molecule has 0 aromatic heterocycles. The molecule has 3 heteroatoms. The first-order chi connectivity index (χ1) is 2.81. The van der Waals surface area contributed by atoms with Crippen LogP contribution in [0.25, 0.3) is 0 Å². The molecule has 0 saturated heterocycles. The van der Waals surface area contributed by atoms with Crippen LogP contribution in [-0.4, -0.2) is 11.4 Å². The van der Waals surface area contributed by atoms with Gasteiger partial charge in [0.2, 0.25) is 0 Å². The molecule has 0 aliphatic carbocycles. The summed E-state index contributed by atoms with van der Waals surface area (Å²) in [7, 11) is 0. The maximum atomic E-state index is 7.61. The van der Waals surface area contributed by atoms with Gasteiger partial charge < -0.3 is 5.21 Å². The van der Waals surface area contributed by atoms with Crippen LogP contribution in [0.15, 0.2) is 5.16 Å². The molecule has 0 atom stereocenters. The zero-order valence-corrected chi connectivity index (χ0v) is 2.34. The van der Waals surface area contributed by atoms with Crippen LogP contribution in [0.2, 0.25) is 0 Å². The standard InChI is InChI=1S/C2H2N2O/c3-1-2-4-5/h2,5H/i2T. The quantitative estimate of drug-likeness (QED) is 0.248. The van der Waals surface area contributed by atoms with Gasteiger partial charge >= 0.3 is 0 Å². The Hall–Kier alpha value is -1.04. The topological polar surface area (TPSA) is 56.4 Å². The summed E-state index contributed by atoms with van der Waals surface area (Å²) in [6, 6.07) is 1.28. The van der Waals surface area contributed by atoms with Crippen LogP contribution in [0.4, 0.5) is 0 Å². The van der Waals surface area contributed by atoms with Crippen molar-refractivity contribution in [2.24, 2.45) is 5.16 Å². The second-order valence-corrected chi connectivity index (χ2v) is 0.324. The number of nitriles is 1. The lowest BCUT2D eigenvalue weighted by atomic mass is 10.9. The van der Waals surface area contributed by atoms with E-state index in [1.54, 1.807) is 0 Å². The van der Waals surface area contributed by atoms with Crippen molar-refractivity contribution in [2.75, 3.05) is 0 Å². The third kappa shape index (κ3) is 2.96. The average molecular weight is 72.1 g/mol. The molecular formula is C2H2N2O. The Kier molecular flexibility index (Phi) is 1.31. The maximum absolute atomic E-state index is 7.61. The van der Waals surface area contributed by atoms with Crippen LogP contribution in [-0.2, 0) is 0 Å². The van der Waals surface area contributed by atoms with Crippen molar-refractivity contribution in [1.82, 2.24) is 0 Å². The van der Waals surface area contributed by atoms with E-state index in [9.17, 15) is 0 Å². The SMILES string of the molecule is [3H]C(C#N)=NO. The van der Waals surface area contributed by atoms with Crippen LogP contribution in [0.5, 0.6) is 0 Å². The molecule has 0 aliphatic rings. The molecule has 0 aromatic carbocycles. The van der Waals surface area contributed by atoms with E-state index in [4.69, 9.17) is 11.8 Å². The van der Waals surface area contributed by atoms with Gasteiger partial charge in [-0.1, -0.05) is 5.16 Å². The summed E-state index contributed by atoms with van der Waals surface area (Å²) >= 11 is 0. The predicted octanol–water partition coefficient (Wildman–Crippen LogP) is -0.0300. The minimum Gasteiger partial charge on any atom is -0.410 e. The zero-order chi connectivity index (χ0) is 4.99. The first-order valence-corrected chi connectivity index (χ1v) is 0.897. The van der Waals surface area contributed by atoms with E-state index >= 15 is 0 Å². The Morgan fingerprint density at radius 2 is 3.00 bits per heavy atom. The van der Waals surface area contributed by atoms with Gasteiger partial charge in [0.15, 0.2) is 0 Å². The molecule has 0 fully saturated rings. The third-order valence-corrected chi connectivity index (χ3v) is 0.100. The summed E-state index contributed by atoms with van der Waals surface area (Å²) in [5, 5.41) is 17.3. The summed E-state index contributed by atoms with van der Waals surface area (Å²) in [5.41, 5.74) is 0. The largest absolute Gasteiger partial charge is 0.410 e. The van der Waals surface area contributed by atoms with Gasteiger partial charge in [-0.15, -0.1) is 0 Å². The lowest BCUT2D eigenvalue weighted by molar-refractivity contribution is 0.322. The van der Waals surface area contributed by atoms with E-state index in [-0.39, 0.29) is 0 Å². The highest BCUT2D eigenvalue weighted by Crippen LogP contribution is 1.40. The molecule has 0 amide bonds. The average Bonchev–Trinajstić information content (AvgIpc) is 1.65. The highest BCUT2D eigenvalue weighted by molar-refractivity contribution is 5.74. The van der Waals surface area contributed by atoms with Crippen molar-refractivity contribution in [3.05, 3.63) is 0 Å². The molecule has 26 valence electrons. The van der Waals surface area contributed by atoms with Crippen LogP contribution in [0, 0.1) is 11.3 Å². The zero-order valence-electron chi connectivity index (χ0n) is 3.34. The fraction of sp³-hybridized carbons (Fsp3) is 0. The minimum atomic E-state index is -0.671. The van der Waals surface area contributed by atoms with E-state index < -0.39 is 6.19 Å². The second kappa shape index (κ2) is 2.96. The maximum Gasteiger partial charge on any atom is 0.143 e. The summed E-state index contributed by atoms with van der Waals surface area (Å²) in [4.78, 5) is 0. The fourth-order valence-corrected chi connectivity index (χ4v) is 0.0224. The summed E-state index contributed by atoms with van der Waals surface area (Å²) in [6.07, 6.45) is -0.671. The van der Waals surface area contributed by atoms with Crippen molar-refractivity contribution in [3.8, 4) is 6.07 Å². The van der Waals surface area contributed by atoms with Crippen molar-refractivity contribution in [2.45, 2.75) is 0 Å². The third-order valence-electron chi connectivity index (χ3n) is 0.100. The summed E-state index contributed by atoms with van der Waals surface area (Å²) in [5.74, 6) is 0. The molecule has 0 heterocycles. The molecule has 0 saturated carbocycles. The Morgan fingerprint density at radius 1 is 2.40 bits per heavy atom. The van der Waals surface area contributed by atoms with Gasteiger partial charge in [-0.05, 0) is 0 Å². The van der Waals surface area contributed by atoms with Crippen LogP contribution in [0.3, 0.4) is 0 Å². The summed E-state index contributed by atoms with van der Waals surface area (Å²) < 4.78 is 6.21. The predicted molar refractivity (Wildman–Crippen MR) is 15.9 cm³/mol. The van der Waals surface area contributed by atoms with Gasteiger partial charge in [0, 0.05) is 0 Å². The van der Waals surface area contributed by atoms with E-state index in [0.717, 1.165) is 0 Å². The Balaban J connectivity index is 3.61. The molecule has 0 spiro atoms. The van der Waals surface area contributed by atoms with Crippen molar-refractivity contribution < 1.29 is 6.58 Å². The minimum absolute atomic E-state index is 0.671. The highest BCUT2D eigenvalue weighted by atomic mass is 16.4. The second-order valence-electron chi connectivity index (χ2n) is 0.324.